The van der Waals surface area contributed by atoms with E-state index in [1.165, 1.54) is 43.3 Å². The van der Waals surface area contributed by atoms with Gasteiger partial charge in [0, 0.05) is 5.56 Å². The number of carbonyl (C=O) groups excluding carboxylic acids is 1. The molecule has 2 atom stereocenters. The molecule has 0 radical (unpaired) electrons. The summed E-state index contributed by atoms with van der Waals surface area (Å²) in [6.07, 6.45) is -0.855. The van der Waals surface area contributed by atoms with Gasteiger partial charge in [0.25, 0.3) is 11.5 Å². The number of amides is 1. The summed E-state index contributed by atoms with van der Waals surface area (Å²) >= 11 is 5.73. The van der Waals surface area contributed by atoms with E-state index >= 15 is 0 Å². The second-order valence-corrected chi connectivity index (χ2v) is 7.18. The number of hydrogen-bond acceptors (Lipinski definition) is 4. The van der Waals surface area contributed by atoms with Crippen molar-refractivity contribution in [1.82, 2.24) is 15.1 Å². The number of halogens is 3. The summed E-state index contributed by atoms with van der Waals surface area (Å²) in [6, 6.07) is 9.62. The summed E-state index contributed by atoms with van der Waals surface area (Å²) in [4.78, 5) is 25.6. The van der Waals surface area contributed by atoms with Crippen LogP contribution in [0.5, 0.6) is 0 Å². The molecule has 1 unspecified atom stereocenters. The van der Waals surface area contributed by atoms with Gasteiger partial charge in [-0.2, -0.15) is 9.78 Å². The van der Waals surface area contributed by atoms with Crippen molar-refractivity contribution in [3.63, 3.8) is 0 Å². The Balaban J connectivity index is 2.20. The van der Waals surface area contributed by atoms with E-state index in [1.807, 2.05) is 0 Å². The second-order valence-electron chi connectivity index (χ2n) is 6.77. The van der Waals surface area contributed by atoms with Gasteiger partial charge in [-0.25, -0.2) is 8.78 Å². The molecule has 2 aromatic carbocycles. The van der Waals surface area contributed by atoms with Crippen molar-refractivity contribution in [3.05, 3.63) is 81.1 Å². The minimum Gasteiger partial charge on any atom is -0.391 e. The van der Waals surface area contributed by atoms with E-state index in [4.69, 9.17) is 11.6 Å². The lowest BCUT2D eigenvalue weighted by Gasteiger charge is -2.17. The Morgan fingerprint density at radius 3 is 2.53 bits per heavy atom. The van der Waals surface area contributed by atoms with Crippen LogP contribution in [-0.4, -0.2) is 32.9 Å². The van der Waals surface area contributed by atoms with Crippen molar-refractivity contribution in [2.24, 2.45) is 0 Å². The van der Waals surface area contributed by atoms with Crippen LogP contribution in [0.15, 0.2) is 53.3 Å². The highest BCUT2D eigenvalue weighted by Crippen LogP contribution is 2.23. The summed E-state index contributed by atoms with van der Waals surface area (Å²) in [5, 5.41) is 16.2. The van der Waals surface area contributed by atoms with E-state index in [-0.39, 0.29) is 27.5 Å². The fraction of sp³-hybridized carbons (Fsp3) is 0.190. The summed E-state index contributed by atoms with van der Waals surface area (Å²) in [6.45, 7) is 3.06. The normalized spacial score (nSPS) is 13.0. The Morgan fingerprint density at radius 1 is 1.17 bits per heavy atom. The molecule has 2 N–H and O–H groups in total. The third-order valence-corrected chi connectivity index (χ3v) is 4.81. The van der Waals surface area contributed by atoms with Crippen molar-refractivity contribution < 1.29 is 18.7 Å². The molecule has 6 nitrogen and oxygen atoms in total. The zero-order valence-electron chi connectivity index (χ0n) is 16.1. The van der Waals surface area contributed by atoms with Crippen LogP contribution in [0.4, 0.5) is 8.78 Å². The highest BCUT2D eigenvalue weighted by atomic mass is 35.5. The van der Waals surface area contributed by atoms with Crippen LogP contribution >= 0.6 is 11.6 Å². The monoisotopic (exact) mass is 433 g/mol. The van der Waals surface area contributed by atoms with Crippen LogP contribution in [0.3, 0.4) is 0 Å². The first-order valence-corrected chi connectivity index (χ1v) is 9.40. The van der Waals surface area contributed by atoms with Gasteiger partial charge in [-0.05, 0) is 50.2 Å². The Hall–Kier alpha value is -3.10. The number of rotatable bonds is 5. The second kappa shape index (κ2) is 8.73. The third kappa shape index (κ3) is 4.55. The van der Waals surface area contributed by atoms with Gasteiger partial charge in [0.1, 0.15) is 17.2 Å². The average molecular weight is 434 g/mol. The van der Waals surface area contributed by atoms with Gasteiger partial charge in [0.05, 0.1) is 28.5 Å². The molecular weight excluding hydrogens is 416 g/mol. The van der Waals surface area contributed by atoms with E-state index in [2.05, 4.69) is 10.4 Å². The zero-order chi connectivity index (χ0) is 22.0. The molecule has 1 amide bonds. The van der Waals surface area contributed by atoms with Crippen LogP contribution in [0.1, 0.15) is 24.2 Å². The van der Waals surface area contributed by atoms with Crippen LogP contribution in [0.2, 0.25) is 5.02 Å². The van der Waals surface area contributed by atoms with Crippen molar-refractivity contribution in [1.29, 1.82) is 0 Å². The highest BCUT2D eigenvalue weighted by molar-refractivity contribution is 6.30. The minimum atomic E-state index is -0.855. The predicted molar refractivity (Wildman–Crippen MR) is 109 cm³/mol. The van der Waals surface area contributed by atoms with Crippen LogP contribution < -0.4 is 10.9 Å². The maximum atomic E-state index is 14.0. The molecule has 156 valence electrons. The summed E-state index contributed by atoms with van der Waals surface area (Å²) in [7, 11) is 0. The van der Waals surface area contributed by atoms with Gasteiger partial charge in [-0.1, -0.05) is 23.7 Å². The number of benzene rings is 2. The number of aliphatic hydroxyl groups is 1. The quantitative estimate of drug-likeness (QED) is 0.646. The molecule has 1 heterocycles. The Bertz CT molecular complexity index is 1160. The third-order valence-electron chi connectivity index (χ3n) is 4.51. The molecule has 0 aliphatic carbocycles. The summed E-state index contributed by atoms with van der Waals surface area (Å²) in [5.74, 6) is -2.05. The lowest BCUT2D eigenvalue weighted by atomic mass is 10.1. The number of aromatic nitrogens is 2. The molecule has 0 fully saturated rings. The highest BCUT2D eigenvalue weighted by Gasteiger charge is 2.21. The zero-order valence-corrected chi connectivity index (χ0v) is 16.8. The predicted octanol–water partition coefficient (Wildman–Crippen LogP) is 3.33. The molecule has 1 aromatic heterocycles. The van der Waals surface area contributed by atoms with Crippen LogP contribution in [0, 0.1) is 11.6 Å². The largest absolute Gasteiger partial charge is 0.391 e. The van der Waals surface area contributed by atoms with Crippen LogP contribution in [0.25, 0.3) is 16.9 Å². The van der Waals surface area contributed by atoms with Gasteiger partial charge in [0.2, 0.25) is 0 Å². The standard InChI is InChI=1S/C21H18ClF2N3O3/c1-11(12(2)28)25-20(29)16-10-19(13-6-7-17(22)18(24)8-13)26-27(21(16)30)15-5-3-4-14(23)9-15/h3-12,28H,1-2H3,(H,25,29)/t11-,12?/m0/s1. The molecule has 0 spiro atoms. The van der Waals surface area contributed by atoms with Gasteiger partial charge in [-0.15, -0.1) is 0 Å². The van der Waals surface area contributed by atoms with Crippen molar-refractivity contribution in [2.75, 3.05) is 0 Å². The first kappa shape index (κ1) is 21.6. The number of carbonyl (C=O) groups is 1. The first-order chi connectivity index (χ1) is 14.2. The Kier molecular flexibility index (Phi) is 6.28. The SMILES string of the molecule is CC(O)[C@H](C)NC(=O)c1cc(-c2ccc(Cl)c(F)c2)nn(-c2cccc(F)c2)c1=O. The topological polar surface area (TPSA) is 84.2 Å². The molecule has 3 rings (SSSR count). The minimum absolute atomic E-state index is 0.0916. The van der Waals surface area contributed by atoms with Crippen molar-refractivity contribution in [3.8, 4) is 16.9 Å². The average Bonchev–Trinajstić information content (AvgIpc) is 2.70. The van der Waals surface area contributed by atoms with Gasteiger partial charge >= 0.3 is 0 Å². The molecular formula is C21H18ClF2N3O3. The fourth-order valence-corrected chi connectivity index (χ4v) is 2.76. The van der Waals surface area contributed by atoms with E-state index in [0.29, 0.717) is 0 Å². The molecule has 0 saturated heterocycles. The van der Waals surface area contributed by atoms with E-state index in [9.17, 15) is 23.5 Å². The van der Waals surface area contributed by atoms with E-state index < -0.39 is 35.2 Å². The molecule has 0 aliphatic heterocycles. The number of aliphatic hydroxyl groups excluding tert-OH is 1. The maximum Gasteiger partial charge on any atom is 0.284 e. The lowest BCUT2D eigenvalue weighted by molar-refractivity contribution is 0.0871. The Morgan fingerprint density at radius 2 is 1.90 bits per heavy atom. The number of nitrogens with one attached hydrogen (secondary N) is 1. The van der Waals surface area contributed by atoms with Crippen LogP contribution in [-0.2, 0) is 0 Å². The van der Waals surface area contributed by atoms with Gasteiger partial charge in [0.15, 0.2) is 0 Å². The lowest BCUT2D eigenvalue weighted by Crippen LogP contribution is -2.42. The van der Waals surface area contributed by atoms with Crippen molar-refractivity contribution >= 4 is 17.5 Å². The fourth-order valence-electron chi connectivity index (χ4n) is 2.64. The molecule has 30 heavy (non-hydrogen) atoms. The maximum absolute atomic E-state index is 14.0. The molecule has 0 saturated carbocycles. The Labute approximate surface area is 175 Å². The van der Waals surface area contributed by atoms with Gasteiger partial charge in [-0.3, -0.25) is 9.59 Å². The smallest absolute Gasteiger partial charge is 0.284 e. The van der Waals surface area contributed by atoms with E-state index in [1.54, 1.807) is 6.92 Å². The number of nitrogens with zero attached hydrogens (tertiary/aromatic N) is 2. The number of hydrogen-bond donors (Lipinski definition) is 2. The summed E-state index contributed by atoms with van der Waals surface area (Å²) < 4.78 is 28.5. The molecule has 9 heteroatoms. The summed E-state index contributed by atoms with van der Waals surface area (Å²) in [5.41, 5.74) is -0.640. The van der Waals surface area contributed by atoms with Gasteiger partial charge < -0.3 is 10.4 Å². The molecule has 0 bridgehead atoms. The molecule has 0 aliphatic rings. The van der Waals surface area contributed by atoms with Crippen molar-refractivity contribution in [2.45, 2.75) is 26.0 Å². The van der Waals surface area contributed by atoms with E-state index in [0.717, 1.165) is 16.8 Å². The first-order valence-electron chi connectivity index (χ1n) is 9.02. The molecule has 3 aromatic rings.